The van der Waals surface area contributed by atoms with Gasteiger partial charge in [0.1, 0.15) is 17.5 Å². The van der Waals surface area contributed by atoms with Gasteiger partial charge in [-0.3, -0.25) is 19.3 Å². The Hall–Kier alpha value is -4.30. The fraction of sp³-hybridized carbons (Fsp3) is 0.333. The van der Waals surface area contributed by atoms with Crippen molar-refractivity contribution in [3.05, 3.63) is 83.4 Å². The molecule has 1 aliphatic rings. The topological polar surface area (TPSA) is 123 Å². The zero-order chi connectivity index (χ0) is 32.3. The molecule has 4 rings (SSSR count). The van der Waals surface area contributed by atoms with E-state index in [1.807, 2.05) is 31.2 Å². The van der Waals surface area contributed by atoms with Crippen LogP contribution in [-0.2, 0) is 37.2 Å². The highest BCUT2D eigenvalue weighted by Crippen LogP contribution is 2.40. The van der Waals surface area contributed by atoms with E-state index in [1.165, 1.54) is 18.2 Å². The summed E-state index contributed by atoms with van der Waals surface area (Å²) < 4.78 is 79.9. The first-order valence-electron chi connectivity index (χ1n) is 13.5. The Kier molecular flexibility index (Phi) is 9.44. The van der Waals surface area contributed by atoms with Gasteiger partial charge in [-0.2, -0.15) is 13.2 Å². The summed E-state index contributed by atoms with van der Waals surface area (Å²) in [5.41, 5.74) is 2.32. The van der Waals surface area contributed by atoms with Crippen LogP contribution in [0.15, 0.2) is 71.6 Å². The predicted octanol–water partition coefficient (Wildman–Crippen LogP) is 5.96. The summed E-state index contributed by atoms with van der Waals surface area (Å²) >= 11 is 0. The molecule has 0 radical (unpaired) electrons. The molecule has 236 valence electrons. The van der Waals surface area contributed by atoms with Crippen molar-refractivity contribution in [1.29, 1.82) is 0 Å². The number of benzene rings is 3. The van der Waals surface area contributed by atoms with Crippen molar-refractivity contribution in [2.45, 2.75) is 63.5 Å². The Labute approximate surface area is 253 Å². The minimum absolute atomic E-state index is 0.0277. The van der Waals surface area contributed by atoms with E-state index in [2.05, 4.69) is 10.8 Å². The maximum atomic E-state index is 13.8. The lowest BCUT2D eigenvalue weighted by molar-refractivity contribution is -0.138. The number of hydroxylamine groups is 1. The lowest BCUT2D eigenvalue weighted by Gasteiger charge is -2.35. The smallest absolute Gasteiger partial charge is 0.416 e. The van der Waals surface area contributed by atoms with Crippen LogP contribution in [0.2, 0.25) is 0 Å². The first-order chi connectivity index (χ1) is 20.5. The molecule has 2 amide bonds. The molecule has 0 spiro atoms. The number of alkyl halides is 3. The largest absolute Gasteiger partial charge is 0.486 e. The summed E-state index contributed by atoms with van der Waals surface area (Å²) in [6.07, 6.45) is -6.95. The molecule has 3 aromatic rings. The molecule has 0 unspecified atom stereocenters. The van der Waals surface area contributed by atoms with Gasteiger partial charge in [-0.15, -0.1) is 0 Å². The van der Waals surface area contributed by atoms with Gasteiger partial charge in [-0.1, -0.05) is 35.9 Å². The number of hydrogen-bond acceptors (Lipinski definition) is 7. The third kappa shape index (κ3) is 8.41. The quantitative estimate of drug-likeness (QED) is 0.293. The normalized spacial score (nSPS) is 15.2. The van der Waals surface area contributed by atoms with E-state index < -0.39 is 56.9 Å². The number of amides is 2. The number of ether oxygens (including phenoxy) is 2. The number of anilines is 2. The molecule has 1 heterocycles. The van der Waals surface area contributed by atoms with Crippen molar-refractivity contribution in [1.82, 2.24) is 5.48 Å². The SMILES string of the molecule is Cc1ccc(CONC(=O)C[C@H]2CN(S(=O)(=O)c3cccc(C(F)(F)F)c3)c3cc(NC(=O)OC(C)(C)C)ccc3O2)cc1. The van der Waals surface area contributed by atoms with Gasteiger partial charge in [0.15, 0.2) is 0 Å². The fourth-order valence-corrected chi connectivity index (χ4v) is 5.78. The lowest BCUT2D eigenvalue weighted by Crippen LogP contribution is -2.45. The third-order valence-corrected chi connectivity index (χ3v) is 8.02. The van der Waals surface area contributed by atoms with Crippen LogP contribution >= 0.6 is 0 Å². The number of sulfonamides is 1. The molecule has 0 fully saturated rings. The van der Waals surface area contributed by atoms with Crippen LogP contribution in [0.5, 0.6) is 5.75 Å². The highest BCUT2D eigenvalue weighted by molar-refractivity contribution is 7.92. The minimum atomic E-state index is -4.78. The number of rotatable bonds is 8. The molecule has 0 aliphatic carbocycles. The molecule has 0 bridgehead atoms. The summed E-state index contributed by atoms with van der Waals surface area (Å²) in [7, 11) is -4.61. The molecule has 0 aromatic heterocycles. The second kappa shape index (κ2) is 12.7. The summed E-state index contributed by atoms with van der Waals surface area (Å²) in [6.45, 7) is 6.60. The standard InChI is InChI=1S/C30H32F3N3O7S/c1-19-8-10-20(11-9-19)18-41-35-27(37)16-23-17-36(44(39,40)24-7-5-6-21(14-24)30(31,32)33)25-15-22(12-13-26(25)42-23)34-28(38)43-29(2,3)4/h5-15,23H,16-18H2,1-4H3,(H,34,38)(H,35,37)/t23-/m0/s1. The highest BCUT2D eigenvalue weighted by atomic mass is 32.2. The molecule has 44 heavy (non-hydrogen) atoms. The summed E-state index contributed by atoms with van der Waals surface area (Å²) in [5, 5.41) is 2.50. The van der Waals surface area contributed by atoms with Crippen LogP contribution in [0.25, 0.3) is 0 Å². The number of nitrogens with zero attached hydrogens (tertiary/aromatic N) is 1. The number of carbonyl (C=O) groups is 2. The highest BCUT2D eigenvalue weighted by Gasteiger charge is 2.38. The van der Waals surface area contributed by atoms with E-state index in [-0.39, 0.29) is 30.2 Å². The Morgan fingerprint density at radius 1 is 1.02 bits per heavy atom. The van der Waals surface area contributed by atoms with Gasteiger partial charge in [-0.05, 0) is 69.7 Å². The Balaban J connectivity index is 1.59. The maximum absolute atomic E-state index is 13.8. The maximum Gasteiger partial charge on any atom is 0.416 e. The molecule has 10 nitrogen and oxygen atoms in total. The summed E-state index contributed by atoms with van der Waals surface area (Å²) in [5.74, 6) is -0.579. The van der Waals surface area contributed by atoms with E-state index in [9.17, 15) is 31.2 Å². The van der Waals surface area contributed by atoms with Crippen LogP contribution in [0.1, 0.15) is 43.9 Å². The molecule has 1 atom stereocenters. The number of hydrogen-bond donors (Lipinski definition) is 2. The Bertz CT molecular complexity index is 1620. The van der Waals surface area contributed by atoms with Crippen molar-refractivity contribution >= 4 is 33.4 Å². The molecule has 14 heteroatoms. The summed E-state index contributed by atoms with van der Waals surface area (Å²) in [4.78, 5) is 29.7. The number of halogens is 3. The van der Waals surface area contributed by atoms with Crippen molar-refractivity contribution in [3.63, 3.8) is 0 Å². The Morgan fingerprint density at radius 2 is 1.73 bits per heavy atom. The van der Waals surface area contributed by atoms with Crippen molar-refractivity contribution < 1.29 is 45.5 Å². The lowest BCUT2D eigenvalue weighted by atomic mass is 10.1. The fourth-order valence-electron chi connectivity index (χ4n) is 4.24. The first kappa shape index (κ1) is 32.6. The second-order valence-electron chi connectivity index (χ2n) is 11.1. The Morgan fingerprint density at radius 3 is 2.39 bits per heavy atom. The number of aryl methyl sites for hydroxylation is 1. The number of fused-ring (bicyclic) bond motifs is 1. The first-order valence-corrected chi connectivity index (χ1v) is 14.9. The molecule has 1 aliphatic heterocycles. The average Bonchev–Trinajstić information content (AvgIpc) is 2.92. The zero-order valence-electron chi connectivity index (χ0n) is 24.4. The van der Waals surface area contributed by atoms with Gasteiger partial charge in [0.2, 0.25) is 5.91 Å². The molecule has 3 aromatic carbocycles. The van der Waals surface area contributed by atoms with Gasteiger partial charge < -0.3 is 9.47 Å². The second-order valence-corrected chi connectivity index (χ2v) is 13.0. The number of nitrogens with one attached hydrogen (secondary N) is 2. The van der Waals surface area contributed by atoms with Gasteiger partial charge >= 0.3 is 12.3 Å². The number of carbonyl (C=O) groups excluding carboxylic acids is 2. The van der Waals surface area contributed by atoms with E-state index in [4.69, 9.17) is 14.3 Å². The van der Waals surface area contributed by atoms with Crippen molar-refractivity contribution in [2.75, 3.05) is 16.2 Å². The van der Waals surface area contributed by atoms with Crippen molar-refractivity contribution in [3.8, 4) is 5.75 Å². The van der Waals surface area contributed by atoms with Gasteiger partial charge in [-0.25, -0.2) is 18.7 Å². The van der Waals surface area contributed by atoms with Crippen molar-refractivity contribution in [2.24, 2.45) is 0 Å². The minimum Gasteiger partial charge on any atom is -0.486 e. The molecule has 2 N–H and O–H groups in total. The van der Waals surface area contributed by atoms with Crippen LogP contribution in [0.4, 0.5) is 29.3 Å². The van der Waals surface area contributed by atoms with Crippen LogP contribution < -0.4 is 19.8 Å². The molecule has 0 saturated heterocycles. The average molecular weight is 636 g/mol. The van der Waals surface area contributed by atoms with Crippen LogP contribution in [0.3, 0.4) is 0 Å². The van der Waals surface area contributed by atoms with Crippen LogP contribution in [-0.4, -0.2) is 38.7 Å². The molecular formula is C30H32F3N3O7S. The van der Waals surface area contributed by atoms with E-state index in [0.717, 1.165) is 33.6 Å². The van der Waals surface area contributed by atoms with Crippen LogP contribution in [0, 0.1) is 6.92 Å². The van der Waals surface area contributed by atoms with Gasteiger partial charge in [0.05, 0.1) is 35.7 Å². The predicted molar refractivity (Wildman–Crippen MR) is 155 cm³/mol. The monoisotopic (exact) mass is 635 g/mol. The van der Waals surface area contributed by atoms with Gasteiger partial charge in [0.25, 0.3) is 10.0 Å². The third-order valence-electron chi connectivity index (χ3n) is 6.24. The van der Waals surface area contributed by atoms with E-state index in [0.29, 0.717) is 6.07 Å². The zero-order valence-corrected chi connectivity index (χ0v) is 25.2. The molecule has 0 saturated carbocycles. The molecular weight excluding hydrogens is 603 g/mol. The van der Waals surface area contributed by atoms with E-state index in [1.54, 1.807) is 20.8 Å². The summed E-state index contributed by atoms with van der Waals surface area (Å²) in [6, 6.07) is 14.9. The van der Waals surface area contributed by atoms with Gasteiger partial charge in [0, 0.05) is 5.69 Å². The van der Waals surface area contributed by atoms with E-state index >= 15 is 0 Å².